The first-order chi connectivity index (χ1) is 17.9. The third-order valence-corrected chi connectivity index (χ3v) is 10.9. The zero-order chi connectivity index (χ0) is 28.4. The number of nitrogens with zero attached hydrogens (tertiary/aromatic N) is 5. The Morgan fingerprint density at radius 3 is 2.13 bits per heavy atom. The topological polar surface area (TPSA) is 140 Å². The van der Waals surface area contributed by atoms with Crippen molar-refractivity contribution in [3.63, 3.8) is 0 Å². The molecule has 0 fully saturated rings. The van der Waals surface area contributed by atoms with E-state index in [0.29, 0.717) is 29.9 Å². The van der Waals surface area contributed by atoms with Gasteiger partial charge < -0.3 is 19.3 Å². The minimum Gasteiger partial charge on any atom is -0.481 e. The van der Waals surface area contributed by atoms with Crippen LogP contribution in [0.3, 0.4) is 0 Å². The molecule has 13 heteroatoms. The fourth-order valence-corrected chi connectivity index (χ4v) is 6.64. The lowest BCUT2D eigenvalue weighted by atomic mass is 10.1. The third-order valence-electron chi connectivity index (χ3n) is 6.03. The minimum absolute atomic E-state index is 0.313. The van der Waals surface area contributed by atoms with E-state index in [1.54, 1.807) is 35.3 Å². The maximum Gasteiger partial charge on any atom is 0.329 e. The summed E-state index contributed by atoms with van der Waals surface area (Å²) in [6, 6.07) is 14.1. The van der Waals surface area contributed by atoms with Gasteiger partial charge in [-0.15, -0.1) is 0 Å². The van der Waals surface area contributed by atoms with Gasteiger partial charge in [-0.25, -0.2) is 0 Å². The van der Waals surface area contributed by atoms with Crippen molar-refractivity contribution in [3.05, 3.63) is 70.1 Å². The Morgan fingerprint density at radius 2 is 1.63 bits per heavy atom. The molecule has 0 amide bonds. The summed E-state index contributed by atoms with van der Waals surface area (Å²) >= 11 is 5.93. The number of azide groups is 1. The molecule has 10 nitrogen and oxygen atoms in total. The average Bonchev–Trinajstić information content (AvgIpc) is 2.87. The molecule has 2 N–H and O–H groups in total. The molecule has 0 bridgehead atoms. The fraction of sp³-hybridized carbons (Fsp3) is 0.480. The van der Waals surface area contributed by atoms with Crippen LogP contribution in [0.1, 0.15) is 64.5 Å². The van der Waals surface area contributed by atoms with Crippen LogP contribution in [0, 0.1) is 0 Å². The molecule has 2 rings (SSSR count). The second-order valence-corrected chi connectivity index (χ2v) is 14.3. The first-order valence-corrected chi connectivity index (χ1v) is 16.8. The molecule has 2 aromatic carbocycles. The Labute approximate surface area is 230 Å². The molecule has 208 valence electrons. The normalized spacial score (nSPS) is 14.4. The maximum absolute atomic E-state index is 11.3. The van der Waals surface area contributed by atoms with Crippen LogP contribution in [0.2, 0.25) is 0 Å². The van der Waals surface area contributed by atoms with Crippen LogP contribution in [0.15, 0.2) is 58.7 Å². The smallest absolute Gasteiger partial charge is 0.329 e. The first-order valence-electron chi connectivity index (χ1n) is 12.4. The van der Waals surface area contributed by atoms with Gasteiger partial charge in [0.2, 0.25) is 0 Å². The molecule has 0 aliphatic carbocycles. The van der Waals surface area contributed by atoms with Gasteiger partial charge in [-0.2, -0.15) is 5.10 Å². The van der Waals surface area contributed by atoms with Gasteiger partial charge in [0.05, 0.1) is 19.2 Å². The lowest BCUT2D eigenvalue weighted by Gasteiger charge is -2.35. The summed E-state index contributed by atoms with van der Waals surface area (Å²) in [7, 11) is -2.29. The molecule has 2 atom stereocenters. The second-order valence-electron chi connectivity index (χ2n) is 9.14. The summed E-state index contributed by atoms with van der Waals surface area (Å²) in [5, 5.41) is 7.78. The number of benzene rings is 2. The van der Waals surface area contributed by atoms with Crippen LogP contribution in [0.5, 0.6) is 11.5 Å². The summed E-state index contributed by atoms with van der Waals surface area (Å²) in [4.78, 5) is 21.3. The molecule has 0 aromatic heterocycles. The Morgan fingerprint density at radius 1 is 1.08 bits per heavy atom. The van der Waals surface area contributed by atoms with Gasteiger partial charge >= 0.3 is 7.60 Å². The van der Waals surface area contributed by atoms with Crippen LogP contribution in [0.4, 0.5) is 0 Å². The molecular formula is C25H37N5O5P2S. The van der Waals surface area contributed by atoms with Crippen molar-refractivity contribution >= 4 is 32.5 Å². The summed E-state index contributed by atoms with van der Waals surface area (Å²) in [6.45, 7) is 6.17. The molecular weight excluding hydrogens is 544 g/mol. The van der Waals surface area contributed by atoms with Gasteiger partial charge in [0.15, 0.2) is 5.72 Å². The van der Waals surface area contributed by atoms with Gasteiger partial charge in [0.25, 0.3) is 0 Å². The molecule has 38 heavy (non-hydrogen) atoms. The Kier molecular flexibility index (Phi) is 11.8. The third kappa shape index (κ3) is 9.42. The monoisotopic (exact) mass is 581 g/mol. The van der Waals surface area contributed by atoms with Gasteiger partial charge in [0, 0.05) is 12.0 Å². The largest absolute Gasteiger partial charge is 0.481 e. The predicted molar refractivity (Wildman–Crippen MR) is 157 cm³/mol. The first kappa shape index (κ1) is 31.8. The van der Waals surface area contributed by atoms with E-state index >= 15 is 0 Å². The molecule has 0 saturated heterocycles. The average molecular weight is 582 g/mol. The van der Waals surface area contributed by atoms with Gasteiger partial charge in [-0.1, -0.05) is 51.1 Å². The van der Waals surface area contributed by atoms with E-state index in [-0.39, 0.29) is 6.16 Å². The molecule has 2 aromatic rings. The second kappa shape index (κ2) is 14.1. The zero-order valence-corrected chi connectivity index (χ0v) is 25.2. The highest BCUT2D eigenvalue weighted by Gasteiger charge is 2.32. The van der Waals surface area contributed by atoms with Crippen molar-refractivity contribution in [3.8, 4) is 11.5 Å². The van der Waals surface area contributed by atoms with Gasteiger partial charge in [-0.3, -0.25) is 9.34 Å². The van der Waals surface area contributed by atoms with Crippen LogP contribution >= 0.6 is 14.4 Å². The van der Waals surface area contributed by atoms with E-state index in [1.807, 2.05) is 52.1 Å². The van der Waals surface area contributed by atoms with Crippen LogP contribution < -0.4 is 9.47 Å². The van der Waals surface area contributed by atoms with E-state index < -0.39 is 25.5 Å². The Hall–Kier alpha value is -2.38. The standard InChI is InChI=1S/C25H37N5O5P2S/c1-6-17-24(4,34-22-15-11-21(12-16-22)19-37(31,32)33)36(38)30(5)27-18-20-9-13-23(14-10-20)35-25(7-2,8-3)28-29-26/h9-16,18,36H,6-8,17,19H2,1-5H3,(H2,31,32,33)/b27-18+. The molecule has 0 heterocycles. The van der Waals surface area contributed by atoms with E-state index in [9.17, 15) is 14.4 Å². The predicted octanol–water partition coefficient (Wildman–Crippen LogP) is 7.02. The van der Waals surface area contributed by atoms with E-state index in [0.717, 1.165) is 18.4 Å². The molecule has 0 aliphatic rings. The SMILES string of the molecule is CCCC(C)(Oc1ccc(CP(=O)(O)O)cc1)[PH](=S)N(C)/N=C/c1ccc(OC(CC)(CC)N=[N+]=[N-])cc1. The van der Waals surface area contributed by atoms with Crippen molar-refractivity contribution in [2.24, 2.45) is 10.2 Å². The van der Waals surface area contributed by atoms with Gasteiger partial charge in [-0.05, 0) is 84.4 Å². The van der Waals surface area contributed by atoms with Crippen LogP contribution in [-0.4, -0.2) is 38.9 Å². The van der Waals surface area contributed by atoms with Crippen molar-refractivity contribution < 1.29 is 23.8 Å². The summed E-state index contributed by atoms with van der Waals surface area (Å²) < 4.78 is 25.4. The Bertz CT molecular complexity index is 1200. The van der Waals surface area contributed by atoms with Crippen molar-refractivity contribution in [2.45, 2.75) is 70.6 Å². The molecule has 0 saturated carbocycles. The van der Waals surface area contributed by atoms with Gasteiger partial charge in [0.1, 0.15) is 16.8 Å². The van der Waals surface area contributed by atoms with Crippen LogP contribution in [-0.2, 0) is 22.5 Å². The van der Waals surface area contributed by atoms with Crippen molar-refractivity contribution in [2.75, 3.05) is 7.05 Å². The fourth-order valence-electron chi connectivity index (χ4n) is 3.87. The maximum atomic E-state index is 11.3. The Balaban J connectivity index is 2.12. The highest BCUT2D eigenvalue weighted by Crippen LogP contribution is 2.46. The lowest BCUT2D eigenvalue weighted by molar-refractivity contribution is 0.0675. The van der Waals surface area contributed by atoms with E-state index in [4.69, 9.17) is 26.8 Å². The quantitative estimate of drug-likeness (QED) is 0.0575. The summed E-state index contributed by atoms with van der Waals surface area (Å²) in [5.41, 5.74) is 9.38. The summed E-state index contributed by atoms with van der Waals surface area (Å²) in [6.07, 6.45) is 4.12. The van der Waals surface area contributed by atoms with Crippen molar-refractivity contribution in [1.29, 1.82) is 0 Å². The highest BCUT2D eigenvalue weighted by atomic mass is 32.4. The molecule has 2 unspecified atom stereocenters. The molecule has 0 spiro atoms. The van der Waals surface area contributed by atoms with E-state index in [2.05, 4.69) is 22.1 Å². The lowest BCUT2D eigenvalue weighted by Crippen LogP contribution is -2.31. The van der Waals surface area contributed by atoms with Crippen molar-refractivity contribution in [1.82, 2.24) is 4.78 Å². The molecule has 0 radical (unpaired) electrons. The number of ether oxygens (including phenoxy) is 2. The molecule has 0 aliphatic heterocycles. The number of rotatable bonds is 15. The zero-order valence-electron chi connectivity index (χ0n) is 22.4. The summed E-state index contributed by atoms with van der Waals surface area (Å²) in [5.74, 6) is 1.20. The number of hydrogen-bond donors (Lipinski definition) is 2. The number of hydrazone groups is 1. The van der Waals surface area contributed by atoms with E-state index in [1.165, 1.54) is 0 Å². The minimum atomic E-state index is -4.13. The number of hydrogen-bond acceptors (Lipinski definition) is 6. The van der Waals surface area contributed by atoms with Crippen LogP contribution in [0.25, 0.3) is 10.4 Å². The highest BCUT2D eigenvalue weighted by molar-refractivity contribution is 8.04.